The molecule has 1 radical (unpaired) electrons. The minimum atomic E-state index is -1.94. The number of H-pyrrole nitrogens is 1. The van der Waals surface area contributed by atoms with Crippen LogP contribution in [0.1, 0.15) is 264 Å². The zero-order chi connectivity index (χ0) is 108. The molecule has 145 heavy (non-hydrogen) atoms. The van der Waals surface area contributed by atoms with Crippen molar-refractivity contribution in [3.05, 3.63) is 54.1 Å². The Bertz CT molecular complexity index is 4650. The number of primary amides is 1. The number of hydrogen-bond donors (Lipinski definition) is 21. The monoisotopic (exact) mass is 2110 g/mol. The Hall–Kier alpha value is -9.68. The molecule has 1 aromatic heterocycles. The van der Waals surface area contributed by atoms with Crippen LogP contribution in [-0.2, 0) is 125 Å². The van der Waals surface area contributed by atoms with E-state index < -0.39 is 258 Å². The number of ketones is 1. The molecule has 0 aliphatic carbocycles. The maximum atomic E-state index is 14.9. The van der Waals surface area contributed by atoms with Crippen LogP contribution in [0.4, 0.5) is 0 Å². The predicted molar refractivity (Wildman–Crippen MR) is 534 cm³/mol. The fraction of sp³-hybridized carbons (Fsp3) is 0.740. The molecular formula is C100H163CoN17O26S. The molecule has 24 N–H and O–H groups in total. The summed E-state index contributed by atoms with van der Waals surface area (Å²) in [6, 6.07) is -8.34. The molecule has 30 atom stereocenters. The predicted octanol–water partition coefficient (Wildman–Crippen LogP) is 3.22. The van der Waals surface area contributed by atoms with Gasteiger partial charge in [0.15, 0.2) is 5.79 Å². The van der Waals surface area contributed by atoms with Crippen LogP contribution >= 0.6 is 11.8 Å². The average molecular weight is 2110 g/mol. The Labute approximate surface area is 864 Å². The van der Waals surface area contributed by atoms with Crippen molar-refractivity contribution < 1.29 is 143 Å². The summed E-state index contributed by atoms with van der Waals surface area (Å²) in [6.45, 7) is 33.4. The van der Waals surface area contributed by atoms with Crippen LogP contribution < -0.4 is 75.7 Å². The van der Waals surface area contributed by atoms with Crippen LogP contribution in [0.3, 0.4) is 0 Å². The smallest absolute Gasteiger partial charge is 0.344 e. The van der Waals surface area contributed by atoms with Crippen molar-refractivity contribution in [1.29, 1.82) is 0 Å². The van der Waals surface area contributed by atoms with E-state index in [1.807, 2.05) is 90.0 Å². The maximum absolute atomic E-state index is 14.9. The Balaban J connectivity index is 0.000000682. The first kappa shape index (κ1) is 126. The van der Waals surface area contributed by atoms with Gasteiger partial charge in [0.2, 0.25) is 70.9 Å². The molecule has 2 aromatic rings. The maximum Gasteiger partial charge on any atom is 0.344 e. The molecule has 0 spiro atoms. The molecule has 0 bridgehead atoms. The number of nitrogens with one attached hydrogen (secondary N) is 12. The molecule has 7 rings (SSSR count). The normalized spacial score (nSPS) is 29.0. The van der Waals surface area contributed by atoms with Crippen molar-refractivity contribution in [1.82, 2.24) is 68.5 Å². The third-order valence-electron chi connectivity index (χ3n) is 29.1. The summed E-state index contributed by atoms with van der Waals surface area (Å²) in [5.74, 6) is -19.7. The number of imidazole rings is 1. The number of aromatic amines is 1. The number of nitrogens with two attached hydrogens (primary N) is 3. The van der Waals surface area contributed by atoms with Gasteiger partial charge in [-0.3, -0.25) is 76.9 Å². The van der Waals surface area contributed by atoms with E-state index in [2.05, 4.69) is 78.3 Å². The number of carbonyl (C=O) groups is 16. The van der Waals surface area contributed by atoms with E-state index in [1.165, 1.54) is 24.3 Å². The van der Waals surface area contributed by atoms with Crippen molar-refractivity contribution in [3.8, 4) is 0 Å². The van der Waals surface area contributed by atoms with Gasteiger partial charge in [0.25, 0.3) is 0 Å². The molecule has 0 saturated carbocycles. The van der Waals surface area contributed by atoms with Gasteiger partial charge in [-0.25, -0.2) is 9.78 Å². The molecule has 4 fully saturated rings. The first-order chi connectivity index (χ1) is 67.8. The number of benzene rings is 1. The van der Waals surface area contributed by atoms with Gasteiger partial charge in [-0.2, -0.15) is 5.26 Å². The van der Waals surface area contributed by atoms with Crippen molar-refractivity contribution >= 4 is 111 Å². The number of rotatable bonds is 44. The number of aliphatic imine (C=N–C) groups is 1. The molecule has 45 heteroatoms. The topological polar surface area (TPSA) is 683 Å². The molecular weight excluding hydrogens is 1950 g/mol. The SMILES string of the molecule is CC[C@@H](C(=O)[C@@H](C)[C@@H](O)[C@@H](C)[C@H]1O[C@@H](CC(=O)OO)[C@H](C)C[C@@H]1C)[C@H]1O[C@](C)([C@]2(O)O[C@](CC)([C@@H](O)CC)C[C@H]2C)C[C@@H]1C.CC[C@H](C)[C@H](N)C1=N[C@H](C(=O)N[C@@H](CC(C)C)C(=O)N[C@H](CCC(=O)O)C(=O)N[C@H](C(=O)N[C@H]2CCCCNC(=O)[C@H](CC(N)=O)NC(=O)[C@@H](CC(=O)O)NC(=O)[C@H](Cc3cnc[nH]3)NC(=O)[C@@H](Cc3ccccc3)NC(=O)[C@H]([C@@H](C)CC)NC(=O)[C@@H](CCCN)NC2=O)[C@@H](C)CC)CS1.[Co]. The third-order valence-corrected chi connectivity index (χ3v) is 30.3. The summed E-state index contributed by atoms with van der Waals surface area (Å²) in [4.78, 5) is 236. The van der Waals surface area contributed by atoms with Gasteiger partial charge < -0.3 is 125 Å². The van der Waals surface area contributed by atoms with E-state index in [4.69, 9.17) is 36.7 Å². The van der Waals surface area contributed by atoms with Crippen LogP contribution in [-0.4, -0.2) is 279 Å². The van der Waals surface area contributed by atoms with E-state index in [0.717, 1.165) is 12.8 Å². The summed E-state index contributed by atoms with van der Waals surface area (Å²) in [5, 5.41) is 92.2. The second-order valence-electron chi connectivity index (χ2n) is 40.8. The number of nitrogens with zero attached hydrogens (tertiary/aromatic N) is 2. The number of carbonyl (C=O) groups excluding carboxylic acids is 14. The van der Waals surface area contributed by atoms with E-state index in [-0.39, 0.29) is 154 Å². The number of amides is 12. The second kappa shape index (κ2) is 59.5. The first-order valence-electron chi connectivity index (χ1n) is 51.1. The molecule has 4 saturated heterocycles. The van der Waals surface area contributed by atoms with E-state index in [0.29, 0.717) is 48.4 Å². The Kier molecular flexibility index (Phi) is 51.6. The zero-order valence-corrected chi connectivity index (χ0v) is 89.0. The molecule has 5 aliphatic heterocycles. The fourth-order valence-corrected chi connectivity index (χ4v) is 20.9. The van der Waals surface area contributed by atoms with E-state index in [1.54, 1.807) is 65.0 Å². The van der Waals surface area contributed by atoms with Crippen molar-refractivity contribution in [3.63, 3.8) is 0 Å². The molecule has 0 unspecified atom stereocenters. The van der Waals surface area contributed by atoms with Gasteiger partial charge in [0, 0.05) is 83.9 Å². The van der Waals surface area contributed by atoms with Gasteiger partial charge in [0.1, 0.15) is 77.8 Å². The fourth-order valence-electron chi connectivity index (χ4n) is 19.7. The number of carboxylic acid groups (broad SMARTS) is 2. The third kappa shape index (κ3) is 35.8. The summed E-state index contributed by atoms with van der Waals surface area (Å²) in [5.41, 5.74) is 16.8. The van der Waals surface area contributed by atoms with Gasteiger partial charge in [-0.05, 0) is 144 Å². The van der Waals surface area contributed by atoms with Crippen molar-refractivity contribution in [2.24, 2.45) is 87.3 Å². The number of aliphatic hydroxyl groups excluding tert-OH is 2. The van der Waals surface area contributed by atoms with Gasteiger partial charge >= 0.3 is 17.9 Å². The van der Waals surface area contributed by atoms with Gasteiger partial charge in [-0.1, -0.05) is 167 Å². The minimum Gasteiger partial charge on any atom is -0.481 e. The standard InChI is InChI=1S/C66H103N17O16S.C34H60O10.Co/c1-9-35(6)52(69)66-81-48(32-100-66)63(97)76-43(26-34(4)5)59(93)74-42(22-23-50(85)86)58(92)83-53(36(7)10-2)64(98)75-40-20-15-16-25-71-55(89)46(29-49(68)84)78-62(96)47(30-51(87)88)79-61(95)45(28-39-31-70-33-72-39)77-60(94)44(27-38-18-13-12-14-19-38)80-65(99)54(37(8)11-3)82-57(91)41(21-17-24-67)73-56(40)90;1-11-24(29(38)22(8)28(37)23(9)30-19(5)14-18(4)25(41-30)15-27(36)43-40)31-20(6)16-32(10,42-31)34(39)21(7)17-33(13-3,44-34)26(35)12-2;/h12-14,18-19,31,33-37,40-48,52-54H,9-11,15-17,20-30,32,67,69H2,1-8H3,(H2,68,84)(H,70,72)(H,71,89)(H,73,90)(H,74,93)(H,75,98)(H,76,97)(H,77,94)(H,78,96)(H,79,95)(H,80,99)(H,82,91)(H,83,92)(H,85,86)(H,87,88);18-26,28,30-31,35,37,39-40H,11-17H2,1-10H3;/t35-,36-,37-,40-,41+,42+,43-,44+,45-,46-,47+,48-,52-,53-,54-;18-,19+,20+,21-,22+,23-,24+,25+,26+,28-,30+,31+,32+,33+,34-;/m01./s1. The summed E-state index contributed by atoms with van der Waals surface area (Å²) in [7, 11) is 0. The van der Waals surface area contributed by atoms with Crippen molar-refractivity contribution in [2.75, 3.05) is 18.8 Å². The summed E-state index contributed by atoms with van der Waals surface area (Å²) < 4.78 is 19.4. The number of ether oxygens (including phenoxy) is 3. The van der Waals surface area contributed by atoms with Crippen LogP contribution in [0.15, 0.2) is 47.8 Å². The Morgan fingerprint density at radius 3 is 1.84 bits per heavy atom. The number of Topliss-reactive ketones (excluding diaryl/α,β-unsaturated/α-hetero) is 1. The number of hydrogen-bond acceptors (Lipinski definition) is 29. The van der Waals surface area contributed by atoms with E-state index >= 15 is 0 Å². The van der Waals surface area contributed by atoms with E-state index in [9.17, 15) is 102 Å². The molecule has 5 aliphatic rings. The molecule has 6 heterocycles. The number of aliphatic hydroxyl groups is 3. The molecule has 12 amide bonds. The zero-order valence-electron chi connectivity index (χ0n) is 87.1. The number of aliphatic carboxylic acids is 2. The molecule has 43 nitrogen and oxygen atoms in total. The van der Waals surface area contributed by atoms with Gasteiger partial charge in [-0.15, -0.1) is 11.8 Å². The largest absolute Gasteiger partial charge is 0.481 e. The number of carboxylic acids is 2. The second-order valence-corrected chi connectivity index (χ2v) is 41.8. The average Bonchev–Trinajstić information content (AvgIpc) is 1.56. The number of aromatic nitrogens is 2. The summed E-state index contributed by atoms with van der Waals surface area (Å²) in [6.07, 6.45) is 0.605. The number of thioether (sulfide) groups is 1. The van der Waals surface area contributed by atoms with Crippen molar-refractivity contribution in [2.45, 2.75) is 386 Å². The molecule has 1 aromatic carbocycles. The molecule has 819 valence electrons. The van der Waals surface area contributed by atoms with Crippen LogP contribution in [0.25, 0.3) is 0 Å². The first-order valence-corrected chi connectivity index (χ1v) is 52.0. The Morgan fingerprint density at radius 2 is 1.27 bits per heavy atom. The minimum absolute atomic E-state index is 0. The quantitative estimate of drug-likeness (QED) is 0.0334. The van der Waals surface area contributed by atoms with Crippen LogP contribution in [0, 0.1) is 65.1 Å². The van der Waals surface area contributed by atoms with Crippen LogP contribution in [0.2, 0.25) is 0 Å². The summed E-state index contributed by atoms with van der Waals surface area (Å²) >= 11 is 1.35. The van der Waals surface area contributed by atoms with Crippen LogP contribution in [0.5, 0.6) is 0 Å². The van der Waals surface area contributed by atoms with Gasteiger partial charge in [0.05, 0.1) is 72.8 Å². The Morgan fingerprint density at radius 1 is 0.662 bits per heavy atom.